The molecule has 0 fully saturated rings. The molecule has 6 nitrogen and oxygen atoms in total. The Morgan fingerprint density at radius 1 is 0.938 bits per heavy atom. The molecule has 6 rings (SSSR count). The van der Waals surface area contributed by atoms with E-state index in [2.05, 4.69) is 75.5 Å². The minimum absolute atomic E-state index is 0.521. The molecule has 5 aromatic rings. The lowest BCUT2D eigenvalue weighted by atomic mass is 10.0. The fraction of sp³-hybridized carbons (Fsp3) is 0.154. The highest BCUT2D eigenvalue weighted by molar-refractivity contribution is 5.91. The Kier molecular flexibility index (Phi) is 4.24. The molecule has 6 heteroatoms. The molecule has 1 aliphatic rings. The maximum absolute atomic E-state index is 6.10. The van der Waals surface area contributed by atoms with Crippen molar-refractivity contribution >= 4 is 33.6 Å². The predicted octanol–water partition coefficient (Wildman–Crippen LogP) is 4.77. The number of para-hydroxylation sites is 1. The van der Waals surface area contributed by atoms with Crippen molar-refractivity contribution in [2.75, 3.05) is 23.8 Å². The second-order valence-corrected chi connectivity index (χ2v) is 8.17. The number of rotatable bonds is 2. The van der Waals surface area contributed by atoms with Crippen LogP contribution in [-0.2, 0) is 13.6 Å². The molecular weight excluding hydrogens is 398 g/mol. The van der Waals surface area contributed by atoms with Crippen molar-refractivity contribution in [1.29, 1.82) is 0 Å². The van der Waals surface area contributed by atoms with Crippen molar-refractivity contribution < 1.29 is 4.74 Å². The number of pyridine rings is 1. The summed E-state index contributed by atoms with van der Waals surface area (Å²) in [4.78, 5) is 11.4. The average Bonchev–Trinajstić information content (AvgIpc) is 2.98. The molecular formula is C26H23N5O. The summed E-state index contributed by atoms with van der Waals surface area (Å²) in [5.41, 5.74) is 13.5. The summed E-state index contributed by atoms with van der Waals surface area (Å²) in [7, 11) is 1.93. The van der Waals surface area contributed by atoms with Gasteiger partial charge in [0.25, 0.3) is 0 Å². The molecule has 0 amide bonds. The Hall–Kier alpha value is -4.06. The van der Waals surface area contributed by atoms with Gasteiger partial charge >= 0.3 is 0 Å². The lowest BCUT2D eigenvalue weighted by Gasteiger charge is -2.23. The van der Waals surface area contributed by atoms with Gasteiger partial charge in [0.1, 0.15) is 12.4 Å². The molecule has 2 N–H and O–H groups in total. The third kappa shape index (κ3) is 3.03. The summed E-state index contributed by atoms with van der Waals surface area (Å²) in [5.74, 6) is 1.46. The van der Waals surface area contributed by atoms with Gasteiger partial charge in [0.05, 0.1) is 23.1 Å². The van der Waals surface area contributed by atoms with Gasteiger partial charge in [0, 0.05) is 36.4 Å². The van der Waals surface area contributed by atoms with Gasteiger partial charge < -0.3 is 19.9 Å². The number of fused-ring (bicyclic) bond motifs is 3. The molecule has 0 saturated heterocycles. The van der Waals surface area contributed by atoms with E-state index in [1.165, 1.54) is 11.3 Å². The third-order valence-corrected chi connectivity index (χ3v) is 6.26. The summed E-state index contributed by atoms with van der Waals surface area (Å²) in [5, 5.41) is 1.16. The number of anilines is 2. The number of nitrogens with zero attached hydrogens (tertiary/aromatic N) is 4. The summed E-state index contributed by atoms with van der Waals surface area (Å²) in [6, 6.07) is 23.1. The van der Waals surface area contributed by atoms with Crippen LogP contribution < -0.4 is 15.4 Å². The van der Waals surface area contributed by atoms with E-state index in [-0.39, 0.29) is 0 Å². The number of aryl methyl sites for hydroxylation is 1. The number of ether oxygens (including phenoxy) is 1. The highest BCUT2D eigenvalue weighted by Gasteiger charge is 2.18. The van der Waals surface area contributed by atoms with E-state index in [9.17, 15) is 0 Å². The van der Waals surface area contributed by atoms with Crippen molar-refractivity contribution in [2.45, 2.75) is 6.54 Å². The smallest absolute Gasteiger partial charge is 0.200 e. The van der Waals surface area contributed by atoms with E-state index in [4.69, 9.17) is 10.5 Å². The molecule has 0 bridgehead atoms. The number of aromatic nitrogens is 3. The molecule has 1 aliphatic heterocycles. The first-order valence-corrected chi connectivity index (χ1v) is 10.7. The first kappa shape index (κ1) is 18.7. The fourth-order valence-corrected chi connectivity index (χ4v) is 4.53. The van der Waals surface area contributed by atoms with E-state index in [1.807, 2.05) is 23.9 Å². The van der Waals surface area contributed by atoms with Crippen molar-refractivity contribution in [1.82, 2.24) is 14.5 Å². The highest BCUT2D eigenvalue weighted by atomic mass is 16.5. The average molecular weight is 422 g/mol. The SMILES string of the molecule is Cn1c(N)nc2cc(-c3ccc4c(c3)CN(c3ccnc5ccccc35)CCO4)ccc21. The molecule has 2 aromatic heterocycles. The second kappa shape index (κ2) is 7.27. The van der Waals surface area contributed by atoms with Crippen LogP contribution in [0.2, 0.25) is 0 Å². The Morgan fingerprint density at radius 2 is 1.78 bits per heavy atom. The number of nitrogen functional groups attached to an aromatic ring is 1. The number of nitrogens with two attached hydrogens (primary N) is 1. The number of benzene rings is 3. The summed E-state index contributed by atoms with van der Waals surface area (Å²) in [6.45, 7) is 2.23. The van der Waals surface area contributed by atoms with Crippen molar-refractivity contribution in [3.05, 3.63) is 78.5 Å². The zero-order valence-corrected chi connectivity index (χ0v) is 17.8. The first-order valence-electron chi connectivity index (χ1n) is 10.7. The van der Waals surface area contributed by atoms with E-state index < -0.39 is 0 Å². The van der Waals surface area contributed by atoms with Gasteiger partial charge in [-0.25, -0.2) is 4.98 Å². The maximum atomic E-state index is 6.10. The normalized spacial score (nSPS) is 13.7. The van der Waals surface area contributed by atoms with Gasteiger partial charge in [-0.1, -0.05) is 30.3 Å². The lowest BCUT2D eigenvalue weighted by Crippen LogP contribution is -2.25. The van der Waals surface area contributed by atoms with Crippen LogP contribution in [0, 0.1) is 0 Å². The number of imidazole rings is 1. The van der Waals surface area contributed by atoms with Crippen LogP contribution in [-0.4, -0.2) is 27.7 Å². The minimum Gasteiger partial charge on any atom is -0.491 e. The van der Waals surface area contributed by atoms with Crippen LogP contribution in [0.4, 0.5) is 11.6 Å². The Labute approximate surface area is 185 Å². The predicted molar refractivity (Wildman–Crippen MR) is 129 cm³/mol. The molecule has 0 atom stereocenters. The standard InChI is InChI=1S/C26H23N5O/c1-30-24-8-6-18(15-22(24)29-26(30)27)17-7-9-25-19(14-17)16-31(12-13-32-25)23-10-11-28-21-5-3-2-4-20(21)23/h2-11,14-15H,12-13,16H2,1H3,(H2,27,29). The van der Waals surface area contributed by atoms with Crippen molar-refractivity contribution in [2.24, 2.45) is 7.05 Å². The largest absolute Gasteiger partial charge is 0.491 e. The zero-order chi connectivity index (χ0) is 21.7. The van der Waals surface area contributed by atoms with Gasteiger partial charge in [0.2, 0.25) is 5.95 Å². The fourth-order valence-electron chi connectivity index (χ4n) is 4.53. The van der Waals surface area contributed by atoms with Gasteiger partial charge in [0.15, 0.2) is 0 Å². The van der Waals surface area contributed by atoms with Crippen molar-refractivity contribution in [3.8, 4) is 16.9 Å². The van der Waals surface area contributed by atoms with E-state index in [1.54, 1.807) is 0 Å². The van der Waals surface area contributed by atoms with Crippen LogP contribution in [0.15, 0.2) is 72.9 Å². The molecule has 32 heavy (non-hydrogen) atoms. The van der Waals surface area contributed by atoms with Crippen LogP contribution in [0.1, 0.15) is 5.56 Å². The topological polar surface area (TPSA) is 69.2 Å². The molecule has 0 saturated carbocycles. The highest BCUT2D eigenvalue weighted by Crippen LogP contribution is 2.34. The minimum atomic E-state index is 0.521. The molecule has 158 valence electrons. The van der Waals surface area contributed by atoms with E-state index in [0.717, 1.165) is 51.9 Å². The Balaban J connectivity index is 1.40. The van der Waals surface area contributed by atoms with Crippen LogP contribution in [0.5, 0.6) is 5.75 Å². The first-order chi connectivity index (χ1) is 15.7. The van der Waals surface area contributed by atoms with Crippen LogP contribution in [0.3, 0.4) is 0 Å². The molecule has 0 aliphatic carbocycles. The van der Waals surface area contributed by atoms with E-state index >= 15 is 0 Å². The Morgan fingerprint density at radius 3 is 2.72 bits per heavy atom. The number of hydrogen-bond acceptors (Lipinski definition) is 5. The van der Waals surface area contributed by atoms with Crippen LogP contribution >= 0.6 is 0 Å². The summed E-state index contributed by atoms with van der Waals surface area (Å²) >= 11 is 0. The van der Waals surface area contributed by atoms with E-state index in [0.29, 0.717) is 12.6 Å². The quantitative estimate of drug-likeness (QED) is 0.445. The summed E-state index contributed by atoms with van der Waals surface area (Å²) < 4.78 is 8.01. The molecule has 0 unspecified atom stereocenters. The zero-order valence-electron chi connectivity index (χ0n) is 17.8. The van der Waals surface area contributed by atoms with Gasteiger partial charge in [-0.3, -0.25) is 4.98 Å². The molecule has 3 heterocycles. The Bertz CT molecular complexity index is 1470. The van der Waals surface area contributed by atoms with Crippen molar-refractivity contribution in [3.63, 3.8) is 0 Å². The van der Waals surface area contributed by atoms with Gasteiger partial charge in [-0.2, -0.15) is 0 Å². The number of hydrogen-bond donors (Lipinski definition) is 1. The van der Waals surface area contributed by atoms with Gasteiger partial charge in [-0.15, -0.1) is 0 Å². The molecule has 0 radical (unpaired) electrons. The van der Waals surface area contributed by atoms with Crippen LogP contribution in [0.25, 0.3) is 33.1 Å². The monoisotopic (exact) mass is 421 g/mol. The van der Waals surface area contributed by atoms with Gasteiger partial charge in [-0.05, 0) is 47.5 Å². The lowest BCUT2D eigenvalue weighted by molar-refractivity contribution is 0.332. The molecule has 0 spiro atoms. The summed E-state index contributed by atoms with van der Waals surface area (Å²) in [6.07, 6.45) is 1.88. The third-order valence-electron chi connectivity index (χ3n) is 6.26. The maximum Gasteiger partial charge on any atom is 0.200 e. The molecule has 3 aromatic carbocycles. The second-order valence-electron chi connectivity index (χ2n) is 8.17.